The fourth-order valence-electron chi connectivity index (χ4n) is 3.05. The molecule has 0 saturated heterocycles. The maximum Gasteiger partial charge on any atom is -0.0228 e. The van der Waals surface area contributed by atoms with Crippen molar-refractivity contribution in [1.82, 2.24) is 0 Å². The minimum absolute atomic E-state index is 0.949. The van der Waals surface area contributed by atoms with E-state index in [2.05, 4.69) is 44.2 Å². The first-order valence-electron chi connectivity index (χ1n) is 8.11. The second-order valence-corrected chi connectivity index (χ2v) is 5.92. The first kappa shape index (κ1) is 14.4. The van der Waals surface area contributed by atoms with E-state index in [1.807, 2.05) is 0 Å². The number of hydrogen-bond acceptors (Lipinski definition) is 0. The number of unbranched alkanes of at least 4 members (excludes halogenated alkanes) is 2. The fraction of sp³-hybridized carbons (Fsp3) is 0.579. The highest BCUT2D eigenvalue weighted by Gasteiger charge is 2.14. The van der Waals surface area contributed by atoms with E-state index in [-0.39, 0.29) is 0 Å². The zero-order valence-corrected chi connectivity index (χ0v) is 12.6. The summed E-state index contributed by atoms with van der Waals surface area (Å²) in [7, 11) is 0. The molecule has 1 aromatic carbocycles. The second-order valence-electron chi connectivity index (χ2n) is 5.92. The van der Waals surface area contributed by atoms with Crippen molar-refractivity contribution in [2.24, 2.45) is 5.92 Å². The van der Waals surface area contributed by atoms with Gasteiger partial charge in [0.1, 0.15) is 0 Å². The first-order valence-corrected chi connectivity index (χ1v) is 8.11. The normalized spacial score (nSPS) is 19.3. The molecule has 1 atom stereocenters. The quantitative estimate of drug-likeness (QED) is 0.546. The summed E-state index contributed by atoms with van der Waals surface area (Å²) < 4.78 is 0. The maximum absolute atomic E-state index is 2.50. The summed E-state index contributed by atoms with van der Waals surface area (Å²) in [5.74, 6) is 0.949. The monoisotopic (exact) mass is 256 g/mol. The van der Waals surface area contributed by atoms with Gasteiger partial charge in [-0.1, -0.05) is 69.9 Å². The van der Waals surface area contributed by atoms with Gasteiger partial charge in [0.15, 0.2) is 0 Å². The summed E-state index contributed by atoms with van der Waals surface area (Å²) in [4.78, 5) is 0. The molecule has 0 heterocycles. The fourth-order valence-corrected chi connectivity index (χ4v) is 3.05. The average molecular weight is 256 g/mol. The van der Waals surface area contributed by atoms with Gasteiger partial charge in [0, 0.05) is 0 Å². The van der Waals surface area contributed by atoms with Gasteiger partial charge in [-0.05, 0) is 48.3 Å². The summed E-state index contributed by atoms with van der Waals surface area (Å²) >= 11 is 0. The molecule has 0 nitrogen and oxygen atoms in total. The van der Waals surface area contributed by atoms with Gasteiger partial charge in [0.2, 0.25) is 0 Å². The summed E-state index contributed by atoms with van der Waals surface area (Å²) in [6.07, 6.45) is 13.2. The topological polar surface area (TPSA) is 0 Å². The molecule has 0 amide bonds. The number of hydrogen-bond donors (Lipinski definition) is 0. The molecule has 1 aliphatic rings. The molecule has 0 N–H and O–H groups in total. The summed E-state index contributed by atoms with van der Waals surface area (Å²) in [5.41, 5.74) is 4.47. The highest BCUT2D eigenvalue weighted by molar-refractivity contribution is 5.66. The average Bonchev–Trinajstić information content (AvgIpc) is 2.48. The van der Waals surface area contributed by atoms with E-state index in [0.717, 1.165) is 12.3 Å². The first-order chi connectivity index (χ1) is 9.33. The molecule has 1 aromatic rings. The summed E-state index contributed by atoms with van der Waals surface area (Å²) in [5, 5.41) is 0. The van der Waals surface area contributed by atoms with Crippen molar-refractivity contribution >= 4 is 5.57 Å². The molecule has 1 aliphatic carbocycles. The molecule has 2 rings (SSSR count). The van der Waals surface area contributed by atoms with Gasteiger partial charge in [-0.25, -0.2) is 0 Å². The van der Waals surface area contributed by atoms with Gasteiger partial charge in [-0.15, -0.1) is 0 Å². The summed E-state index contributed by atoms with van der Waals surface area (Å²) in [6, 6.07) is 9.18. The molecular weight excluding hydrogens is 228 g/mol. The van der Waals surface area contributed by atoms with Crippen LogP contribution >= 0.6 is 0 Å². The Morgan fingerprint density at radius 1 is 1.05 bits per heavy atom. The molecule has 0 aliphatic heterocycles. The smallest absolute Gasteiger partial charge is 0.0228 e. The van der Waals surface area contributed by atoms with Crippen LogP contribution in [-0.4, -0.2) is 0 Å². The Balaban J connectivity index is 1.88. The Morgan fingerprint density at radius 2 is 1.84 bits per heavy atom. The van der Waals surface area contributed by atoms with Crippen LogP contribution in [0, 0.1) is 5.92 Å². The third-order valence-electron chi connectivity index (χ3n) is 4.47. The largest absolute Gasteiger partial charge is 0.0804 e. The van der Waals surface area contributed by atoms with E-state index >= 15 is 0 Å². The van der Waals surface area contributed by atoms with Crippen molar-refractivity contribution < 1.29 is 0 Å². The Morgan fingerprint density at radius 3 is 2.42 bits per heavy atom. The molecule has 0 spiro atoms. The van der Waals surface area contributed by atoms with Crippen molar-refractivity contribution in [1.29, 1.82) is 0 Å². The van der Waals surface area contributed by atoms with E-state index < -0.39 is 0 Å². The number of benzene rings is 1. The van der Waals surface area contributed by atoms with Crippen molar-refractivity contribution in [2.75, 3.05) is 0 Å². The van der Waals surface area contributed by atoms with Gasteiger partial charge >= 0.3 is 0 Å². The minimum Gasteiger partial charge on any atom is -0.0804 e. The Kier molecular flexibility index (Phi) is 5.69. The van der Waals surface area contributed by atoms with Crippen molar-refractivity contribution in [2.45, 2.75) is 65.2 Å². The van der Waals surface area contributed by atoms with Crippen LogP contribution < -0.4 is 0 Å². The molecule has 0 fully saturated rings. The van der Waals surface area contributed by atoms with Gasteiger partial charge in [-0.3, -0.25) is 0 Å². The van der Waals surface area contributed by atoms with E-state index in [1.165, 1.54) is 56.1 Å². The SMILES string of the molecule is CCCCCC1CC=C(c2ccc(CC)cc2)CC1. The predicted molar refractivity (Wildman–Crippen MR) is 85.3 cm³/mol. The molecule has 0 radical (unpaired) electrons. The third-order valence-corrected chi connectivity index (χ3v) is 4.47. The zero-order valence-electron chi connectivity index (χ0n) is 12.6. The van der Waals surface area contributed by atoms with Crippen LogP contribution in [0.1, 0.15) is 69.9 Å². The van der Waals surface area contributed by atoms with Crippen molar-refractivity contribution in [3.63, 3.8) is 0 Å². The highest BCUT2D eigenvalue weighted by atomic mass is 14.2. The standard InChI is InChI=1S/C19H28/c1-3-5-6-7-17-10-14-19(15-11-17)18-12-8-16(4-2)9-13-18/h8-9,12-14,17H,3-7,10-11,15H2,1-2H3. The Labute approximate surface area is 118 Å². The molecule has 0 saturated carbocycles. The van der Waals surface area contributed by atoms with Crippen LogP contribution in [0.25, 0.3) is 5.57 Å². The van der Waals surface area contributed by atoms with Gasteiger partial charge in [-0.2, -0.15) is 0 Å². The lowest BCUT2D eigenvalue weighted by molar-refractivity contribution is 0.428. The van der Waals surface area contributed by atoms with E-state index in [1.54, 1.807) is 5.57 Å². The lowest BCUT2D eigenvalue weighted by Gasteiger charge is -2.22. The van der Waals surface area contributed by atoms with Gasteiger partial charge < -0.3 is 0 Å². The molecule has 0 bridgehead atoms. The molecule has 0 heteroatoms. The lowest BCUT2D eigenvalue weighted by atomic mass is 9.84. The molecular formula is C19H28. The van der Waals surface area contributed by atoms with Crippen LogP contribution in [0.5, 0.6) is 0 Å². The van der Waals surface area contributed by atoms with Crippen LogP contribution in [-0.2, 0) is 6.42 Å². The molecule has 1 unspecified atom stereocenters. The Hall–Kier alpha value is -1.04. The second kappa shape index (κ2) is 7.53. The van der Waals surface area contributed by atoms with E-state index in [9.17, 15) is 0 Å². The van der Waals surface area contributed by atoms with Crippen LogP contribution in [0.15, 0.2) is 30.3 Å². The van der Waals surface area contributed by atoms with Crippen molar-refractivity contribution in [3.05, 3.63) is 41.5 Å². The van der Waals surface area contributed by atoms with Crippen molar-refractivity contribution in [3.8, 4) is 0 Å². The van der Waals surface area contributed by atoms with Gasteiger partial charge in [0.25, 0.3) is 0 Å². The van der Waals surface area contributed by atoms with Crippen LogP contribution in [0.4, 0.5) is 0 Å². The molecule has 104 valence electrons. The third kappa shape index (κ3) is 4.23. The molecule has 0 aromatic heterocycles. The van der Waals surface area contributed by atoms with E-state index in [4.69, 9.17) is 0 Å². The number of aryl methyl sites for hydroxylation is 1. The number of allylic oxidation sites excluding steroid dienone is 2. The zero-order chi connectivity index (χ0) is 13.5. The van der Waals surface area contributed by atoms with Crippen LogP contribution in [0.2, 0.25) is 0 Å². The minimum atomic E-state index is 0.949. The van der Waals surface area contributed by atoms with Gasteiger partial charge in [0.05, 0.1) is 0 Å². The van der Waals surface area contributed by atoms with E-state index in [0.29, 0.717) is 0 Å². The van der Waals surface area contributed by atoms with Crippen LogP contribution in [0.3, 0.4) is 0 Å². The predicted octanol–water partition coefficient (Wildman–Crippen LogP) is 6.01. The summed E-state index contributed by atoms with van der Waals surface area (Å²) in [6.45, 7) is 4.51. The molecule has 19 heavy (non-hydrogen) atoms. The number of rotatable bonds is 6. The highest BCUT2D eigenvalue weighted by Crippen LogP contribution is 2.32. The maximum atomic E-state index is 2.50. The lowest BCUT2D eigenvalue weighted by Crippen LogP contribution is -2.05. The Bertz CT molecular complexity index is 397.